The summed E-state index contributed by atoms with van der Waals surface area (Å²) < 4.78 is 25.9. The van der Waals surface area contributed by atoms with Crippen molar-refractivity contribution in [3.8, 4) is 5.75 Å². The third kappa shape index (κ3) is 3.66. The van der Waals surface area contributed by atoms with Crippen LogP contribution in [-0.2, 0) is 12.3 Å². The van der Waals surface area contributed by atoms with Crippen LogP contribution in [0.2, 0.25) is 0 Å². The first-order valence-corrected chi connectivity index (χ1v) is 9.61. The van der Waals surface area contributed by atoms with Crippen LogP contribution in [0.25, 0.3) is 10.9 Å². The minimum absolute atomic E-state index is 0.134. The molecule has 0 bridgehead atoms. The smallest absolute Gasteiger partial charge is 0.262 e. The third-order valence-electron chi connectivity index (χ3n) is 4.30. The SMILES string of the molecule is COc1ccc(CSc2nc3ccccc3c(=O)n2Cc2ccco2)cc1F. The highest BCUT2D eigenvalue weighted by Gasteiger charge is 2.14. The van der Waals surface area contributed by atoms with E-state index in [0.717, 1.165) is 5.56 Å². The van der Waals surface area contributed by atoms with Crippen molar-refractivity contribution in [1.82, 2.24) is 9.55 Å². The normalized spacial score (nSPS) is 11.1. The Balaban J connectivity index is 1.70. The van der Waals surface area contributed by atoms with E-state index in [0.29, 0.717) is 27.6 Å². The van der Waals surface area contributed by atoms with Gasteiger partial charge in [0.15, 0.2) is 16.7 Å². The number of fused-ring (bicyclic) bond motifs is 1. The number of aromatic nitrogens is 2. The summed E-state index contributed by atoms with van der Waals surface area (Å²) in [5.41, 5.74) is 1.27. The largest absolute Gasteiger partial charge is 0.494 e. The molecule has 0 aliphatic rings. The van der Waals surface area contributed by atoms with E-state index in [2.05, 4.69) is 4.98 Å². The summed E-state index contributed by atoms with van der Waals surface area (Å²) in [5.74, 6) is 0.910. The number of hydrogen-bond acceptors (Lipinski definition) is 5. The molecule has 0 amide bonds. The number of methoxy groups -OCH3 is 1. The Morgan fingerprint density at radius 2 is 2.04 bits per heavy atom. The summed E-state index contributed by atoms with van der Waals surface area (Å²) in [4.78, 5) is 17.7. The van der Waals surface area contributed by atoms with Crippen molar-refractivity contribution in [2.45, 2.75) is 17.5 Å². The lowest BCUT2D eigenvalue weighted by atomic mass is 10.2. The molecule has 0 unspecified atom stereocenters. The van der Waals surface area contributed by atoms with Crippen LogP contribution in [0.5, 0.6) is 5.75 Å². The molecule has 7 heteroatoms. The minimum atomic E-state index is -0.417. The fourth-order valence-corrected chi connectivity index (χ4v) is 3.84. The molecule has 2 aromatic heterocycles. The molecule has 0 N–H and O–H groups in total. The van der Waals surface area contributed by atoms with Gasteiger partial charge in [-0.05, 0) is 42.0 Å². The van der Waals surface area contributed by atoms with Gasteiger partial charge in [0.05, 0.1) is 30.8 Å². The van der Waals surface area contributed by atoms with Gasteiger partial charge in [0, 0.05) is 5.75 Å². The Kier molecular flexibility index (Phi) is 5.16. The zero-order chi connectivity index (χ0) is 19.5. The Morgan fingerprint density at radius 1 is 1.18 bits per heavy atom. The van der Waals surface area contributed by atoms with E-state index < -0.39 is 5.82 Å². The van der Waals surface area contributed by atoms with Crippen molar-refractivity contribution < 1.29 is 13.5 Å². The van der Waals surface area contributed by atoms with Crippen molar-refractivity contribution in [2.24, 2.45) is 0 Å². The van der Waals surface area contributed by atoms with Crippen LogP contribution in [0.3, 0.4) is 0 Å². The molecule has 0 saturated heterocycles. The number of benzene rings is 2. The minimum Gasteiger partial charge on any atom is -0.494 e. The topological polar surface area (TPSA) is 57.3 Å². The van der Waals surface area contributed by atoms with E-state index in [4.69, 9.17) is 9.15 Å². The second-order valence-electron chi connectivity index (χ2n) is 6.14. The number of thioether (sulfide) groups is 1. The van der Waals surface area contributed by atoms with Gasteiger partial charge in [-0.2, -0.15) is 0 Å². The molecule has 0 aliphatic heterocycles. The molecule has 2 aromatic carbocycles. The van der Waals surface area contributed by atoms with Gasteiger partial charge in [0.1, 0.15) is 5.76 Å². The second-order valence-corrected chi connectivity index (χ2v) is 7.08. The Labute approximate surface area is 164 Å². The number of furan rings is 1. The molecule has 0 atom stereocenters. The maximum Gasteiger partial charge on any atom is 0.262 e. The summed E-state index contributed by atoms with van der Waals surface area (Å²) >= 11 is 1.38. The summed E-state index contributed by atoms with van der Waals surface area (Å²) in [7, 11) is 1.43. The lowest BCUT2D eigenvalue weighted by molar-refractivity contribution is 0.386. The first-order chi connectivity index (χ1) is 13.7. The zero-order valence-corrected chi connectivity index (χ0v) is 15.9. The monoisotopic (exact) mass is 396 g/mol. The lowest BCUT2D eigenvalue weighted by Gasteiger charge is -2.12. The molecule has 2 heterocycles. The van der Waals surface area contributed by atoms with E-state index in [1.807, 2.05) is 24.3 Å². The lowest BCUT2D eigenvalue weighted by Crippen LogP contribution is -2.23. The van der Waals surface area contributed by atoms with Crippen molar-refractivity contribution in [2.75, 3.05) is 7.11 Å². The molecule has 0 radical (unpaired) electrons. The summed E-state index contributed by atoms with van der Waals surface area (Å²) in [6.45, 7) is 0.281. The van der Waals surface area contributed by atoms with Crippen molar-refractivity contribution >= 4 is 22.7 Å². The molecule has 4 rings (SSSR count). The molecular formula is C21H17FN2O3S. The van der Waals surface area contributed by atoms with E-state index in [-0.39, 0.29) is 17.9 Å². The van der Waals surface area contributed by atoms with Crippen LogP contribution in [0, 0.1) is 5.82 Å². The van der Waals surface area contributed by atoms with Gasteiger partial charge in [-0.25, -0.2) is 9.37 Å². The number of halogens is 1. The van der Waals surface area contributed by atoms with Crippen LogP contribution in [0.4, 0.5) is 4.39 Å². The molecule has 0 spiro atoms. The van der Waals surface area contributed by atoms with Gasteiger partial charge in [-0.15, -0.1) is 0 Å². The summed E-state index contributed by atoms with van der Waals surface area (Å²) in [6.07, 6.45) is 1.57. The Morgan fingerprint density at radius 3 is 2.79 bits per heavy atom. The predicted octanol–water partition coefficient (Wildman–Crippen LogP) is 4.48. The molecule has 0 fully saturated rings. The van der Waals surface area contributed by atoms with Gasteiger partial charge >= 0.3 is 0 Å². The standard InChI is InChI=1S/C21H17FN2O3S/c1-26-19-9-8-14(11-17(19)22)13-28-21-23-18-7-3-2-6-16(18)20(25)24(21)12-15-5-4-10-27-15/h2-11H,12-13H2,1H3. The number of nitrogens with zero attached hydrogens (tertiary/aromatic N) is 2. The van der Waals surface area contributed by atoms with Crippen LogP contribution in [0.1, 0.15) is 11.3 Å². The number of ether oxygens (including phenoxy) is 1. The highest BCUT2D eigenvalue weighted by molar-refractivity contribution is 7.98. The maximum absolute atomic E-state index is 14.0. The van der Waals surface area contributed by atoms with E-state index in [1.165, 1.54) is 24.9 Å². The van der Waals surface area contributed by atoms with E-state index in [9.17, 15) is 9.18 Å². The van der Waals surface area contributed by atoms with Gasteiger partial charge in [-0.3, -0.25) is 9.36 Å². The highest BCUT2D eigenvalue weighted by atomic mass is 32.2. The van der Waals surface area contributed by atoms with Crippen LogP contribution in [0.15, 0.2) is 75.2 Å². The molecule has 0 aliphatic carbocycles. The number of rotatable bonds is 6. The first-order valence-electron chi connectivity index (χ1n) is 8.63. The van der Waals surface area contributed by atoms with Crippen molar-refractivity contribution in [3.05, 3.63) is 88.4 Å². The molecule has 4 aromatic rings. The number of para-hydroxylation sites is 1. The number of hydrogen-bond donors (Lipinski definition) is 0. The van der Waals surface area contributed by atoms with E-state index in [1.54, 1.807) is 35.1 Å². The Bertz CT molecular complexity index is 1170. The van der Waals surface area contributed by atoms with Gasteiger partial charge < -0.3 is 9.15 Å². The quantitative estimate of drug-likeness (QED) is 0.355. The molecule has 0 saturated carbocycles. The third-order valence-corrected chi connectivity index (χ3v) is 5.35. The highest BCUT2D eigenvalue weighted by Crippen LogP contribution is 2.25. The first kappa shape index (κ1) is 18.3. The summed E-state index contributed by atoms with van der Waals surface area (Å²) in [6, 6.07) is 15.6. The van der Waals surface area contributed by atoms with Crippen LogP contribution in [-0.4, -0.2) is 16.7 Å². The Hall–Kier alpha value is -3.06. The van der Waals surface area contributed by atoms with Crippen molar-refractivity contribution in [1.29, 1.82) is 0 Å². The van der Waals surface area contributed by atoms with Gasteiger partial charge in [0.25, 0.3) is 5.56 Å². The van der Waals surface area contributed by atoms with Crippen LogP contribution < -0.4 is 10.3 Å². The fraction of sp³-hybridized carbons (Fsp3) is 0.143. The van der Waals surface area contributed by atoms with Crippen molar-refractivity contribution in [3.63, 3.8) is 0 Å². The predicted molar refractivity (Wildman–Crippen MR) is 106 cm³/mol. The molecule has 142 valence electrons. The van der Waals surface area contributed by atoms with E-state index >= 15 is 0 Å². The molecule has 5 nitrogen and oxygen atoms in total. The zero-order valence-electron chi connectivity index (χ0n) is 15.1. The summed E-state index contributed by atoms with van der Waals surface area (Å²) in [5, 5.41) is 1.10. The second kappa shape index (κ2) is 7.90. The average Bonchev–Trinajstić information content (AvgIpc) is 3.22. The van der Waals surface area contributed by atoms with Gasteiger partial charge in [-0.1, -0.05) is 30.0 Å². The average molecular weight is 396 g/mol. The molecular weight excluding hydrogens is 379 g/mol. The fourth-order valence-electron chi connectivity index (χ4n) is 2.90. The van der Waals surface area contributed by atoms with Gasteiger partial charge in [0.2, 0.25) is 0 Å². The van der Waals surface area contributed by atoms with Crippen LogP contribution >= 0.6 is 11.8 Å². The molecule has 28 heavy (non-hydrogen) atoms. The maximum atomic E-state index is 14.0.